The van der Waals surface area contributed by atoms with Gasteiger partial charge in [0, 0.05) is 18.8 Å². The van der Waals surface area contributed by atoms with E-state index >= 15 is 0 Å². The summed E-state index contributed by atoms with van der Waals surface area (Å²) in [5.74, 6) is 1.15. The molecule has 2 aromatic heterocycles. The van der Waals surface area contributed by atoms with E-state index in [1.807, 2.05) is 6.07 Å². The van der Waals surface area contributed by atoms with Gasteiger partial charge in [-0.25, -0.2) is 19.9 Å². The average Bonchev–Trinajstić information content (AvgIpc) is 2.72. The molecule has 0 atom stereocenters. The molecule has 0 saturated heterocycles. The van der Waals surface area contributed by atoms with E-state index in [2.05, 4.69) is 30.6 Å². The maximum Gasteiger partial charge on any atom is 0.223 e. The van der Waals surface area contributed by atoms with Crippen molar-refractivity contribution in [2.45, 2.75) is 37.8 Å². The smallest absolute Gasteiger partial charge is 0.223 e. The molecule has 4 rings (SSSR count). The number of halogens is 2. The molecule has 1 aromatic carbocycles. The van der Waals surface area contributed by atoms with Gasteiger partial charge in [-0.05, 0) is 43.9 Å². The van der Waals surface area contributed by atoms with Crippen LogP contribution in [0.3, 0.4) is 0 Å². The van der Waals surface area contributed by atoms with Crippen molar-refractivity contribution in [1.82, 2.24) is 19.9 Å². The molecule has 0 aliphatic heterocycles. The lowest BCUT2D eigenvalue weighted by molar-refractivity contribution is 0.0681. The lowest BCUT2D eigenvalue weighted by atomic mass is 9.93. The molecular weight excluding hydrogens is 399 g/mol. The summed E-state index contributed by atoms with van der Waals surface area (Å²) in [7, 11) is 1.77. The third kappa shape index (κ3) is 4.27. The zero-order valence-corrected chi connectivity index (χ0v) is 16.8. The van der Waals surface area contributed by atoms with E-state index < -0.39 is 0 Å². The lowest BCUT2D eigenvalue weighted by Crippen LogP contribution is -2.29. The maximum atomic E-state index is 6.10. The third-order valence-electron chi connectivity index (χ3n) is 4.90. The van der Waals surface area contributed by atoms with E-state index in [9.17, 15) is 0 Å². The zero-order chi connectivity index (χ0) is 19.5. The number of hydrogen-bond acceptors (Lipinski definition) is 7. The number of fused-ring (bicyclic) bond motifs is 1. The van der Waals surface area contributed by atoms with Gasteiger partial charge in [0.05, 0.1) is 22.3 Å². The second kappa shape index (κ2) is 8.43. The van der Waals surface area contributed by atoms with Crippen LogP contribution in [-0.4, -0.2) is 39.2 Å². The van der Waals surface area contributed by atoms with Gasteiger partial charge in [-0.3, -0.25) is 0 Å². The molecule has 0 unspecified atom stereocenters. The highest BCUT2D eigenvalue weighted by Gasteiger charge is 2.21. The minimum atomic E-state index is 0.333. The van der Waals surface area contributed by atoms with Crippen LogP contribution in [0.1, 0.15) is 25.7 Å². The van der Waals surface area contributed by atoms with Gasteiger partial charge in [0.1, 0.15) is 17.4 Å². The van der Waals surface area contributed by atoms with Crippen LogP contribution in [0.5, 0.6) is 0 Å². The Morgan fingerprint density at radius 1 is 1.04 bits per heavy atom. The van der Waals surface area contributed by atoms with Gasteiger partial charge < -0.3 is 15.4 Å². The molecule has 1 aliphatic rings. The topological polar surface area (TPSA) is 84.8 Å². The Morgan fingerprint density at radius 3 is 2.61 bits per heavy atom. The fourth-order valence-electron chi connectivity index (χ4n) is 3.35. The molecule has 2 N–H and O–H groups in total. The molecule has 3 aromatic rings. The van der Waals surface area contributed by atoms with Crippen molar-refractivity contribution in [3.63, 3.8) is 0 Å². The number of rotatable bonds is 5. The molecule has 0 bridgehead atoms. The highest BCUT2D eigenvalue weighted by molar-refractivity contribution is 6.42. The van der Waals surface area contributed by atoms with Crippen LogP contribution in [0.4, 0.5) is 17.5 Å². The Kier molecular flexibility index (Phi) is 5.75. The highest BCUT2D eigenvalue weighted by atomic mass is 35.5. The predicted molar refractivity (Wildman–Crippen MR) is 112 cm³/mol. The van der Waals surface area contributed by atoms with Crippen LogP contribution >= 0.6 is 23.2 Å². The van der Waals surface area contributed by atoms with Gasteiger partial charge in [0.2, 0.25) is 5.95 Å². The normalized spacial score (nSPS) is 19.5. The Labute approximate surface area is 172 Å². The first-order valence-electron chi connectivity index (χ1n) is 9.11. The zero-order valence-electron chi connectivity index (χ0n) is 15.3. The number of ether oxygens (including phenoxy) is 1. The summed E-state index contributed by atoms with van der Waals surface area (Å²) in [5.41, 5.74) is 2.06. The highest BCUT2D eigenvalue weighted by Crippen LogP contribution is 2.28. The van der Waals surface area contributed by atoms with Crippen LogP contribution < -0.4 is 10.6 Å². The number of benzene rings is 1. The standard InChI is InChI=1S/C19H20Cl2N6O/c1-28-13-5-2-11(3-6-13)26-19-22-9-16-17(27-19)18(24-10-23-16)25-12-4-7-14(20)15(21)8-12/h4,7-11,13H,2-3,5-6H2,1H3,(H,22,26,27)(H,23,24,25). The van der Waals surface area contributed by atoms with Crippen molar-refractivity contribution in [3.05, 3.63) is 40.8 Å². The molecule has 1 saturated carbocycles. The number of nitrogens with one attached hydrogen (secondary N) is 2. The molecule has 0 radical (unpaired) electrons. The molecule has 9 heteroatoms. The second-order valence-corrected chi connectivity index (χ2v) is 7.57. The lowest BCUT2D eigenvalue weighted by Gasteiger charge is -2.28. The van der Waals surface area contributed by atoms with E-state index in [-0.39, 0.29) is 0 Å². The largest absolute Gasteiger partial charge is 0.381 e. The van der Waals surface area contributed by atoms with E-state index in [4.69, 9.17) is 27.9 Å². The minimum absolute atomic E-state index is 0.333. The molecule has 1 fully saturated rings. The quantitative estimate of drug-likeness (QED) is 0.612. The summed E-state index contributed by atoms with van der Waals surface area (Å²) in [6.45, 7) is 0. The fourth-order valence-corrected chi connectivity index (χ4v) is 3.65. The number of aromatic nitrogens is 4. The molecule has 146 valence electrons. The molecule has 2 heterocycles. The van der Waals surface area contributed by atoms with Crippen molar-refractivity contribution < 1.29 is 4.74 Å². The predicted octanol–water partition coefficient (Wildman–Crippen LogP) is 4.84. The molecule has 28 heavy (non-hydrogen) atoms. The number of hydrogen-bond donors (Lipinski definition) is 2. The summed E-state index contributed by atoms with van der Waals surface area (Å²) in [5, 5.41) is 7.62. The first-order chi connectivity index (χ1) is 13.6. The maximum absolute atomic E-state index is 6.10. The first kappa shape index (κ1) is 19.1. The Balaban J connectivity index is 1.56. The third-order valence-corrected chi connectivity index (χ3v) is 5.64. The Hall–Kier alpha value is -2.22. The average molecular weight is 419 g/mol. The van der Waals surface area contributed by atoms with Gasteiger partial charge in [0.25, 0.3) is 0 Å². The number of anilines is 3. The summed E-state index contributed by atoms with van der Waals surface area (Å²) >= 11 is 12.1. The van der Waals surface area contributed by atoms with Crippen LogP contribution in [0, 0.1) is 0 Å². The molecular formula is C19H20Cl2N6O. The first-order valence-corrected chi connectivity index (χ1v) is 9.87. The van der Waals surface area contributed by atoms with Gasteiger partial charge >= 0.3 is 0 Å². The summed E-state index contributed by atoms with van der Waals surface area (Å²) < 4.78 is 5.43. The monoisotopic (exact) mass is 418 g/mol. The van der Waals surface area contributed by atoms with Gasteiger partial charge in [-0.2, -0.15) is 0 Å². The second-order valence-electron chi connectivity index (χ2n) is 6.76. The Bertz CT molecular complexity index is 978. The molecule has 1 aliphatic carbocycles. The Morgan fingerprint density at radius 2 is 1.86 bits per heavy atom. The number of methoxy groups -OCH3 is 1. The molecule has 0 spiro atoms. The van der Waals surface area contributed by atoms with Crippen molar-refractivity contribution in [1.29, 1.82) is 0 Å². The van der Waals surface area contributed by atoms with Crippen LogP contribution in [0.25, 0.3) is 11.0 Å². The van der Waals surface area contributed by atoms with Crippen molar-refractivity contribution in [2.75, 3.05) is 17.7 Å². The fraction of sp³-hybridized carbons (Fsp3) is 0.368. The molecule has 0 amide bonds. The van der Waals surface area contributed by atoms with Crippen LogP contribution in [0.2, 0.25) is 10.0 Å². The van der Waals surface area contributed by atoms with E-state index in [1.165, 1.54) is 6.33 Å². The minimum Gasteiger partial charge on any atom is -0.381 e. The SMILES string of the molecule is COC1CCC(Nc2ncc3ncnc(Nc4ccc(Cl)c(Cl)c4)c3n2)CC1. The molecule has 7 nitrogen and oxygen atoms in total. The van der Waals surface area contributed by atoms with E-state index in [0.717, 1.165) is 31.4 Å². The van der Waals surface area contributed by atoms with Gasteiger partial charge in [0.15, 0.2) is 5.82 Å². The van der Waals surface area contributed by atoms with Gasteiger partial charge in [-0.15, -0.1) is 0 Å². The van der Waals surface area contributed by atoms with Crippen LogP contribution in [0.15, 0.2) is 30.7 Å². The van der Waals surface area contributed by atoms with E-state index in [1.54, 1.807) is 25.4 Å². The number of nitrogens with zero attached hydrogens (tertiary/aromatic N) is 4. The summed E-state index contributed by atoms with van der Waals surface area (Å²) in [6, 6.07) is 5.64. The van der Waals surface area contributed by atoms with Gasteiger partial charge in [-0.1, -0.05) is 23.2 Å². The van der Waals surface area contributed by atoms with Crippen molar-refractivity contribution in [3.8, 4) is 0 Å². The summed E-state index contributed by atoms with van der Waals surface area (Å²) in [4.78, 5) is 17.6. The van der Waals surface area contributed by atoms with Crippen LogP contribution in [-0.2, 0) is 4.74 Å². The van der Waals surface area contributed by atoms with E-state index in [0.29, 0.717) is 45.0 Å². The summed E-state index contributed by atoms with van der Waals surface area (Å²) in [6.07, 6.45) is 7.66. The van der Waals surface area contributed by atoms with Crippen molar-refractivity contribution in [2.24, 2.45) is 0 Å². The van der Waals surface area contributed by atoms with Crippen molar-refractivity contribution >= 4 is 51.7 Å².